The first-order chi connectivity index (χ1) is 23.2. The number of carbonyl (C=O) groups is 7. The van der Waals surface area contributed by atoms with E-state index in [1.807, 2.05) is 13.8 Å². The molecular weight excluding hydrogens is 652 g/mol. The van der Waals surface area contributed by atoms with Gasteiger partial charge in [0.2, 0.25) is 29.5 Å². The summed E-state index contributed by atoms with van der Waals surface area (Å²) in [5, 5.41) is 41.0. The fourth-order valence-corrected chi connectivity index (χ4v) is 4.93. The Labute approximate surface area is 292 Å². The van der Waals surface area contributed by atoms with Crippen molar-refractivity contribution in [2.45, 2.75) is 117 Å². The molecule has 1 aromatic rings. The van der Waals surface area contributed by atoms with Crippen LogP contribution in [0.25, 0.3) is 0 Å². The van der Waals surface area contributed by atoms with Crippen LogP contribution in [0.15, 0.2) is 24.3 Å². The molecule has 16 heteroatoms. The third kappa shape index (κ3) is 15.7. The Kier molecular flexibility index (Phi) is 17.9. The largest absolute Gasteiger partial charge is 0.508 e. The van der Waals surface area contributed by atoms with Gasteiger partial charge in [-0.05, 0) is 61.6 Å². The van der Waals surface area contributed by atoms with Gasteiger partial charge in [-0.3, -0.25) is 28.8 Å². The number of aromatic hydroxyl groups is 1. The number of phenols is 1. The van der Waals surface area contributed by atoms with Gasteiger partial charge in [-0.15, -0.1) is 0 Å². The highest BCUT2D eigenvalue weighted by atomic mass is 16.4. The minimum Gasteiger partial charge on any atom is -0.508 e. The van der Waals surface area contributed by atoms with Crippen LogP contribution < -0.4 is 32.3 Å². The summed E-state index contributed by atoms with van der Waals surface area (Å²) in [5.74, 6) is -6.70. The molecule has 0 aliphatic carbocycles. The van der Waals surface area contributed by atoms with Crippen molar-refractivity contribution in [2.24, 2.45) is 23.5 Å². The van der Waals surface area contributed by atoms with Crippen molar-refractivity contribution in [3.63, 3.8) is 0 Å². The molecule has 0 heterocycles. The van der Waals surface area contributed by atoms with E-state index >= 15 is 0 Å². The molecule has 0 unspecified atom stereocenters. The first-order valence-electron chi connectivity index (χ1n) is 16.7. The van der Waals surface area contributed by atoms with Gasteiger partial charge in [0.05, 0.1) is 6.04 Å². The van der Waals surface area contributed by atoms with Gasteiger partial charge in [-0.1, -0.05) is 53.7 Å². The summed E-state index contributed by atoms with van der Waals surface area (Å²) in [5.41, 5.74) is 6.50. The van der Waals surface area contributed by atoms with Gasteiger partial charge < -0.3 is 47.6 Å². The minimum atomic E-state index is -1.40. The Balaban J connectivity index is 3.06. The third-order valence-electron chi connectivity index (χ3n) is 7.67. The Hall–Kier alpha value is -4.73. The zero-order valence-electron chi connectivity index (χ0n) is 29.8. The fourth-order valence-electron chi connectivity index (χ4n) is 4.93. The number of nitrogens with two attached hydrogens (primary N) is 1. The molecule has 0 aromatic heterocycles. The molecule has 0 radical (unpaired) electrons. The molecule has 0 fully saturated rings. The van der Waals surface area contributed by atoms with E-state index in [9.17, 15) is 48.9 Å². The SMILES string of the molecule is CC(C)C[C@H](NC(=O)[C@H](C)NC(=O)[C@H](CCC(=O)O)NC(=O)[C@@H](NC(=O)[C@@H](N)CC(C)C)C(C)C)C(=O)N[C@@H](Cc1ccc(O)cc1)C(=O)O. The number of carboxylic acids is 2. The Morgan fingerprint density at radius 1 is 0.640 bits per heavy atom. The van der Waals surface area contributed by atoms with Crippen LogP contribution in [0.5, 0.6) is 5.75 Å². The van der Waals surface area contributed by atoms with Crippen LogP contribution in [0.1, 0.15) is 79.7 Å². The Morgan fingerprint density at radius 2 is 1.16 bits per heavy atom. The van der Waals surface area contributed by atoms with E-state index in [-0.39, 0.29) is 36.8 Å². The number of benzene rings is 1. The Bertz CT molecular complexity index is 1330. The topological polar surface area (TPSA) is 266 Å². The molecule has 6 atom stereocenters. The van der Waals surface area contributed by atoms with Gasteiger partial charge in [0, 0.05) is 12.8 Å². The highest BCUT2D eigenvalue weighted by molar-refractivity contribution is 5.96. The number of rotatable bonds is 21. The van der Waals surface area contributed by atoms with E-state index in [0.29, 0.717) is 12.0 Å². The van der Waals surface area contributed by atoms with Gasteiger partial charge in [0.15, 0.2) is 0 Å². The molecule has 0 aliphatic rings. The zero-order valence-corrected chi connectivity index (χ0v) is 29.8. The van der Waals surface area contributed by atoms with E-state index < -0.39 is 90.1 Å². The molecule has 0 aliphatic heterocycles. The van der Waals surface area contributed by atoms with Crippen molar-refractivity contribution in [2.75, 3.05) is 0 Å². The Morgan fingerprint density at radius 3 is 1.66 bits per heavy atom. The second-order valence-corrected chi connectivity index (χ2v) is 13.7. The average molecular weight is 707 g/mol. The maximum absolute atomic E-state index is 13.3. The molecule has 0 saturated carbocycles. The van der Waals surface area contributed by atoms with Crippen molar-refractivity contribution in [3.8, 4) is 5.75 Å². The predicted molar refractivity (Wildman–Crippen MR) is 183 cm³/mol. The lowest BCUT2D eigenvalue weighted by atomic mass is 9.99. The summed E-state index contributed by atoms with van der Waals surface area (Å²) >= 11 is 0. The van der Waals surface area contributed by atoms with Crippen LogP contribution in [0.4, 0.5) is 0 Å². The van der Waals surface area contributed by atoms with Gasteiger partial charge in [-0.2, -0.15) is 0 Å². The van der Waals surface area contributed by atoms with E-state index in [1.165, 1.54) is 31.2 Å². The summed E-state index contributed by atoms with van der Waals surface area (Å²) in [4.78, 5) is 88.9. The minimum absolute atomic E-state index is 0.00728. The lowest BCUT2D eigenvalue weighted by Gasteiger charge is -2.27. The number of nitrogens with one attached hydrogen (secondary N) is 5. The quantitative estimate of drug-likeness (QED) is 0.0845. The van der Waals surface area contributed by atoms with Crippen LogP contribution >= 0.6 is 0 Å². The summed E-state index contributed by atoms with van der Waals surface area (Å²) in [6.07, 6.45) is -0.414. The summed E-state index contributed by atoms with van der Waals surface area (Å²) in [6.45, 7) is 12.0. The molecule has 1 rings (SSSR count). The average Bonchev–Trinajstić information content (AvgIpc) is 3.00. The van der Waals surface area contributed by atoms with E-state index in [2.05, 4.69) is 26.6 Å². The molecule has 5 amide bonds. The van der Waals surface area contributed by atoms with Crippen molar-refractivity contribution in [1.82, 2.24) is 26.6 Å². The standard InChI is InChI=1S/C34H54N6O10/c1-17(2)14-23(35)30(45)40-28(19(5)6)33(48)37-24(12-13-27(42)43)31(46)36-20(7)29(44)38-25(15-18(3)4)32(47)39-26(34(49)50)16-21-8-10-22(41)11-9-21/h8-11,17-20,23-26,28,41H,12-16,35H2,1-7H3,(H,36,46)(H,37,48)(H,38,44)(H,39,47)(H,40,45)(H,42,43)(H,49,50)/t20-,23-,24-,25-,26-,28-/m0/s1. The molecular formula is C34H54N6O10. The molecule has 10 N–H and O–H groups in total. The number of aliphatic carboxylic acids is 2. The van der Waals surface area contributed by atoms with Crippen molar-refractivity contribution < 1.29 is 48.9 Å². The third-order valence-corrected chi connectivity index (χ3v) is 7.67. The number of amides is 5. The molecule has 50 heavy (non-hydrogen) atoms. The highest BCUT2D eigenvalue weighted by Gasteiger charge is 2.33. The van der Waals surface area contributed by atoms with Gasteiger partial charge in [0.1, 0.15) is 36.0 Å². The fraction of sp³-hybridized carbons (Fsp3) is 0.618. The van der Waals surface area contributed by atoms with Crippen molar-refractivity contribution >= 4 is 41.5 Å². The van der Waals surface area contributed by atoms with Crippen LogP contribution in [-0.4, -0.2) is 93.0 Å². The number of phenolic OH excluding ortho intramolecular Hbond substituents is 1. The van der Waals surface area contributed by atoms with Gasteiger partial charge >= 0.3 is 11.9 Å². The van der Waals surface area contributed by atoms with Crippen molar-refractivity contribution in [3.05, 3.63) is 29.8 Å². The molecule has 1 aromatic carbocycles. The first-order valence-corrected chi connectivity index (χ1v) is 16.7. The van der Waals surface area contributed by atoms with E-state index in [0.717, 1.165) is 0 Å². The number of hydrogen-bond donors (Lipinski definition) is 9. The number of carboxylic acid groups (broad SMARTS) is 2. The van der Waals surface area contributed by atoms with Crippen LogP contribution in [0.3, 0.4) is 0 Å². The first kappa shape index (κ1) is 43.3. The van der Waals surface area contributed by atoms with Gasteiger partial charge in [0.25, 0.3) is 0 Å². The smallest absolute Gasteiger partial charge is 0.326 e. The van der Waals surface area contributed by atoms with Crippen LogP contribution in [0, 0.1) is 17.8 Å². The van der Waals surface area contributed by atoms with Gasteiger partial charge in [-0.25, -0.2) is 4.79 Å². The summed E-state index contributed by atoms with van der Waals surface area (Å²) in [7, 11) is 0. The van der Waals surface area contributed by atoms with Crippen LogP contribution in [0.2, 0.25) is 0 Å². The molecule has 0 spiro atoms. The monoisotopic (exact) mass is 706 g/mol. The maximum Gasteiger partial charge on any atom is 0.326 e. The second kappa shape index (κ2) is 20.7. The zero-order chi connectivity index (χ0) is 38.3. The van der Waals surface area contributed by atoms with E-state index in [1.54, 1.807) is 27.7 Å². The molecule has 0 saturated heterocycles. The maximum atomic E-state index is 13.3. The predicted octanol–water partition coefficient (Wildman–Crippen LogP) is 0.404. The number of hydrogen-bond acceptors (Lipinski definition) is 9. The van der Waals surface area contributed by atoms with Crippen molar-refractivity contribution in [1.29, 1.82) is 0 Å². The summed E-state index contributed by atoms with van der Waals surface area (Å²) < 4.78 is 0. The number of carbonyl (C=O) groups excluding carboxylic acids is 5. The van der Waals surface area contributed by atoms with E-state index in [4.69, 9.17) is 5.73 Å². The molecule has 0 bridgehead atoms. The summed E-state index contributed by atoms with van der Waals surface area (Å²) in [6, 6.07) is -1.35. The lowest BCUT2D eigenvalue weighted by Crippen LogP contribution is -2.59. The van der Waals surface area contributed by atoms with Crippen LogP contribution in [-0.2, 0) is 40.0 Å². The highest BCUT2D eigenvalue weighted by Crippen LogP contribution is 2.13. The molecule has 280 valence electrons. The molecule has 16 nitrogen and oxygen atoms in total. The normalized spacial score (nSPS) is 14.9. The lowest BCUT2D eigenvalue weighted by molar-refractivity contribution is -0.142. The second-order valence-electron chi connectivity index (χ2n) is 13.7.